The van der Waals surface area contributed by atoms with Crippen molar-refractivity contribution in [3.8, 4) is 0 Å². The number of nitrogens with two attached hydrogens (primary N) is 1. The summed E-state index contributed by atoms with van der Waals surface area (Å²) in [5, 5.41) is 0. The molecule has 2 heteroatoms. The van der Waals surface area contributed by atoms with Gasteiger partial charge < -0.3 is 10.5 Å². The summed E-state index contributed by atoms with van der Waals surface area (Å²) in [4.78, 5) is 0. The summed E-state index contributed by atoms with van der Waals surface area (Å²) in [6, 6.07) is 0.458. The molecule has 0 aromatic heterocycles. The number of hydrogen-bond acceptors (Lipinski definition) is 2. The van der Waals surface area contributed by atoms with Gasteiger partial charge in [-0.1, -0.05) is 12.8 Å². The summed E-state index contributed by atoms with van der Waals surface area (Å²) in [7, 11) is 0. The summed E-state index contributed by atoms with van der Waals surface area (Å²) in [6.45, 7) is 3.80. The molecule has 0 saturated heterocycles. The molecule has 0 heterocycles. The topological polar surface area (TPSA) is 35.2 Å². The molecule has 1 aliphatic rings. The minimum absolute atomic E-state index is 0.458. The molecular weight excluding hydrogens is 174 g/mol. The molecule has 2 nitrogen and oxygen atoms in total. The van der Waals surface area contributed by atoms with Crippen LogP contribution in [0.25, 0.3) is 0 Å². The van der Waals surface area contributed by atoms with Crippen molar-refractivity contribution in [3.63, 3.8) is 0 Å². The van der Waals surface area contributed by atoms with E-state index in [9.17, 15) is 0 Å². The van der Waals surface area contributed by atoms with E-state index >= 15 is 0 Å². The maximum Gasteiger partial charge on any atom is 0.0465 e. The number of hydrogen-bond donors (Lipinski definition) is 1. The third kappa shape index (κ3) is 4.43. The van der Waals surface area contributed by atoms with Crippen LogP contribution in [-0.4, -0.2) is 19.3 Å². The molecule has 2 N–H and O–H groups in total. The lowest BCUT2D eigenvalue weighted by Gasteiger charge is -2.18. The standard InChI is InChI=1S/C12H25NO/c1-2-14-10-6-5-9-12(13)11-7-3-4-8-11/h11-12H,2-10,13H2,1H3. The largest absolute Gasteiger partial charge is 0.382 e. The highest BCUT2D eigenvalue weighted by Crippen LogP contribution is 2.28. The van der Waals surface area contributed by atoms with Gasteiger partial charge in [-0.3, -0.25) is 0 Å². The Hall–Kier alpha value is -0.0800. The monoisotopic (exact) mass is 199 g/mol. The van der Waals surface area contributed by atoms with E-state index in [0.29, 0.717) is 6.04 Å². The van der Waals surface area contributed by atoms with Crippen LogP contribution in [0.3, 0.4) is 0 Å². The van der Waals surface area contributed by atoms with E-state index < -0.39 is 0 Å². The third-order valence-electron chi connectivity index (χ3n) is 3.29. The number of unbranched alkanes of at least 4 members (excludes halogenated alkanes) is 1. The van der Waals surface area contributed by atoms with Crippen LogP contribution in [0.2, 0.25) is 0 Å². The lowest BCUT2D eigenvalue weighted by molar-refractivity contribution is 0.142. The summed E-state index contributed by atoms with van der Waals surface area (Å²) in [5.41, 5.74) is 6.15. The highest BCUT2D eigenvalue weighted by molar-refractivity contribution is 4.77. The quantitative estimate of drug-likeness (QED) is 0.640. The highest BCUT2D eigenvalue weighted by Gasteiger charge is 2.21. The summed E-state index contributed by atoms with van der Waals surface area (Å²) in [5.74, 6) is 0.821. The first-order valence-corrected chi connectivity index (χ1v) is 6.18. The predicted octanol–water partition coefficient (Wildman–Crippen LogP) is 2.71. The van der Waals surface area contributed by atoms with Crippen molar-refractivity contribution in [1.82, 2.24) is 0 Å². The van der Waals surface area contributed by atoms with Crippen LogP contribution in [0, 0.1) is 5.92 Å². The van der Waals surface area contributed by atoms with Crippen molar-refractivity contribution in [3.05, 3.63) is 0 Å². The van der Waals surface area contributed by atoms with Gasteiger partial charge in [0.2, 0.25) is 0 Å². The van der Waals surface area contributed by atoms with Crippen LogP contribution < -0.4 is 5.73 Å². The second-order valence-electron chi connectivity index (χ2n) is 4.40. The lowest BCUT2D eigenvalue weighted by atomic mass is 9.94. The fourth-order valence-corrected chi connectivity index (χ4v) is 2.35. The molecule has 14 heavy (non-hydrogen) atoms. The zero-order valence-electron chi connectivity index (χ0n) is 9.50. The first-order chi connectivity index (χ1) is 6.84. The zero-order chi connectivity index (χ0) is 10.2. The molecule has 0 aliphatic heterocycles. The SMILES string of the molecule is CCOCCCCC(N)C1CCCC1. The molecular formula is C12H25NO. The smallest absolute Gasteiger partial charge is 0.0465 e. The van der Waals surface area contributed by atoms with Crippen molar-refractivity contribution < 1.29 is 4.74 Å². The van der Waals surface area contributed by atoms with Crippen LogP contribution in [-0.2, 0) is 4.74 Å². The average Bonchev–Trinajstić information content (AvgIpc) is 2.70. The Morgan fingerprint density at radius 1 is 1.29 bits per heavy atom. The van der Waals surface area contributed by atoms with Crippen LogP contribution in [0.15, 0.2) is 0 Å². The van der Waals surface area contributed by atoms with Gasteiger partial charge in [-0.15, -0.1) is 0 Å². The Bertz CT molecular complexity index is 132. The van der Waals surface area contributed by atoms with E-state index in [-0.39, 0.29) is 0 Å². The van der Waals surface area contributed by atoms with Crippen LogP contribution >= 0.6 is 0 Å². The van der Waals surface area contributed by atoms with Crippen LogP contribution in [0.4, 0.5) is 0 Å². The zero-order valence-corrected chi connectivity index (χ0v) is 9.50. The van der Waals surface area contributed by atoms with Crippen LogP contribution in [0.1, 0.15) is 51.9 Å². The van der Waals surface area contributed by atoms with Crippen molar-refractivity contribution in [2.75, 3.05) is 13.2 Å². The van der Waals surface area contributed by atoms with Gasteiger partial charge in [0.05, 0.1) is 0 Å². The maximum atomic E-state index is 6.15. The van der Waals surface area contributed by atoms with Gasteiger partial charge >= 0.3 is 0 Å². The molecule has 1 unspecified atom stereocenters. The molecule has 1 saturated carbocycles. The molecule has 0 radical (unpaired) electrons. The summed E-state index contributed by atoms with van der Waals surface area (Å²) in [6.07, 6.45) is 9.14. The summed E-state index contributed by atoms with van der Waals surface area (Å²) >= 11 is 0. The second-order valence-corrected chi connectivity index (χ2v) is 4.40. The van der Waals surface area contributed by atoms with E-state index in [4.69, 9.17) is 10.5 Å². The first kappa shape index (κ1) is 12.0. The van der Waals surface area contributed by atoms with Gasteiger partial charge in [0, 0.05) is 19.3 Å². The van der Waals surface area contributed by atoms with Gasteiger partial charge in [0.15, 0.2) is 0 Å². The molecule has 0 bridgehead atoms. The fourth-order valence-electron chi connectivity index (χ4n) is 2.35. The molecule has 1 rings (SSSR count). The second kappa shape index (κ2) is 7.24. The Morgan fingerprint density at radius 2 is 2.00 bits per heavy atom. The van der Waals surface area contributed by atoms with E-state index in [2.05, 4.69) is 0 Å². The number of ether oxygens (including phenoxy) is 1. The van der Waals surface area contributed by atoms with Gasteiger partial charge in [-0.25, -0.2) is 0 Å². The molecule has 0 spiro atoms. The van der Waals surface area contributed by atoms with Crippen molar-refractivity contribution in [2.45, 2.75) is 57.9 Å². The van der Waals surface area contributed by atoms with Crippen LogP contribution in [0.5, 0.6) is 0 Å². The number of rotatable bonds is 7. The van der Waals surface area contributed by atoms with Crippen molar-refractivity contribution in [2.24, 2.45) is 11.7 Å². The Morgan fingerprint density at radius 3 is 2.64 bits per heavy atom. The fraction of sp³-hybridized carbons (Fsp3) is 1.00. The molecule has 0 aromatic carbocycles. The van der Waals surface area contributed by atoms with E-state index in [1.807, 2.05) is 6.92 Å². The Kier molecular flexibility index (Phi) is 6.20. The maximum absolute atomic E-state index is 6.15. The van der Waals surface area contributed by atoms with Gasteiger partial charge in [0.25, 0.3) is 0 Å². The van der Waals surface area contributed by atoms with Gasteiger partial charge in [-0.05, 0) is 44.9 Å². The molecule has 1 fully saturated rings. The normalized spacial score (nSPS) is 20.1. The Balaban J connectivity index is 1.94. The first-order valence-electron chi connectivity index (χ1n) is 6.18. The van der Waals surface area contributed by atoms with Crippen molar-refractivity contribution in [1.29, 1.82) is 0 Å². The van der Waals surface area contributed by atoms with E-state index in [0.717, 1.165) is 19.1 Å². The minimum Gasteiger partial charge on any atom is -0.382 e. The van der Waals surface area contributed by atoms with Gasteiger partial charge in [-0.2, -0.15) is 0 Å². The molecule has 1 atom stereocenters. The predicted molar refractivity (Wildman–Crippen MR) is 60.3 cm³/mol. The third-order valence-corrected chi connectivity index (χ3v) is 3.29. The molecule has 0 amide bonds. The Labute approximate surface area is 88.2 Å². The molecule has 0 aromatic rings. The van der Waals surface area contributed by atoms with E-state index in [1.54, 1.807) is 0 Å². The van der Waals surface area contributed by atoms with Gasteiger partial charge in [0.1, 0.15) is 0 Å². The summed E-state index contributed by atoms with van der Waals surface area (Å²) < 4.78 is 5.30. The van der Waals surface area contributed by atoms with Crippen molar-refractivity contribution >= 4 is 0 Å². The van der Waals surface area contributed by atoms with E-state index in [1.165, 1.54) is 44.9 Å². The minimum atomic E-state index is 0.458. The molecule has 84 valence electrons. The highest BCUT2D eigenvalue weighted by atomic mass is 16.5. The lowest BCUT2D eigenvalue weighted by Crippen LogP contribution is -2.28. The molecule has 1 aliphatic carbocycles. The average molecular weight is 199 g/mol.